The van der Waals surface area contributed by atoms with E-state index in [2.05, 4.69) is 54.6 Å². The van der Waals surface area contributed by atoms with Gasteiger partial charge in [-0.15, -0.1) is 0 Å². The first-order valence-corrected chi connectivity index (χ1v) is 11.2. The van der Waals surface area contributed by atoms with E-state index < -0.39 is 26.6 Å². The molecular formula is C18H20I2O3. The fraction of sp³-hybridized carbons (Fsp3) is 0.278. The van der Waals surface area contributed by atoms with Gasteiger partial charge in [-0.05, 0) is 0 Å². The van der Waals surface area contributed by atoms with Crippen LogP contribution in [0.3, 0.4) is 0 Å². The summed E-state index contributed by atoms with van der Waals surface area (Å²) >= 11 is -0.651. The Morgan fingerprint density at radius 1 is 1.00 bits per heavy atom. The van der Waals surface area contributed by atoms with E-state index in [1.807, 2.05) is 19.9 Å². The minimum atomic E-state index is -2.99. The molecular weight excluding hydrogens is 518 g/mol. The number of benzene rings is 2. The van der Waals surface area contributed by atoms with Gasteiger partial charge in [0.2, 0.25) is 0 Å². The molecule has 0 atom stereocenters. The summed E-state index contributed by atoms with van der Waals surface area (Å²) in [6.07, 6.45) is 0. The van der Waals surface area contributed by atoms with Crippen LogP contribution >= 0.6 is 43.2 Å². The molecule has 0 aliphatic heterocycles. The van der Waals surface area contributed by atoms with Crippen molar-refractivity contribution in [2.75, 3.05) is 0 Å². The molecule has 0 unspecified atom stereocenters. The van der Waals surface area contributed by atoms with Crippen LogP contribution in [0, 0.1) is 34.8 Å². The molecule has 0 aromatic heterocycles. The average Bonchev–Trinajstić information content (AvgIpc) is 2.38. The minimum absolute atomic E-state index is 0.432. The Hall–Kier alpha value is -0.670. The summed E-state index contributed by atoms with van der Waals surface area (Å²) in [6, 6.07) is 8.33. The summed E-state index contributed by atoms with van der Waals surface area (Å²) < 4.78 is 17.6. The molecule has 3 nitrogen and oxygen atoms in total. The summed E-state index contributed by atoms with van der Waals surface area (Å²) in [7, 11) is 0. The fourth-order valence-electron chi connectivity index (χ4n) is 2.74. The van der Waals surface area contributed by atoms with E-state index in [1.54, 1.807) is 0 Å². The van der Waals surface area contributed by atoms with E-state index in [9.17, 15) is 8.23 Å². The van der Waals surface area contributed by atoms with Gasteiger partial charge in [0, 0.05) is 0 Å². The van der Waals surface area contributed by atoms with E-state index in [-0.39, 0.29) is 0 Å². The van der Waals surface area contributed by atoms with Crippen molar-refractivity contribution in [1.29, 1.82) is 0 Å². The zero-order valence-electron chi connectivity index (χ0n) is 13.8. The molecule has 0 radical (unpaired) electrons. The van der Waals surface area contributed by atoms with Crippen LogP contribution in [-0.2, 0) is 7.86 Å². The van der Waals surface area contributed by atoms with Crippen LogP contribution in [0.2, 0.25) is 0 Å². The topological polar surface area (TPSA) is 46.5 Å². The van der Waals surface area contributed by atoms with Gasteiger partial charge >= 0.3 is 160 Å². The van der Waals surface area contributed by atoms with Crippen molar-refractivity contribution in [2.45, 2.75) is 34.6 Å². The molecule has 124 valence electrons. The molecule has 0 bridgehead atoms. The van der Waals surface area contributed by atoms with E-state index in [0.717, 1.165) is 35.0 Å². The summed E-state index contributed by atoms with van der Waals surface area (Å²) in [6.45, 7) is 9.52. The number of carbonyl (C=O) groups excluding carboxylic acids is 1. The first kappa shape index (κ1) is 18.7. The number of aryl methyl sites for hydroxylation is 4. The van der Waals surface area contributed by atoms with Gasteiger partial charge in [0.05, 0.1) is 0 Å². The number of rotatable bonds is 3. The summed E-state index contributed by atoms with van der Waals surface area (Å²) in [5.41, 5.74) is 6.65. The maximum absolute atomic E-state index is 11.3. The zero-order chi connectivity index (χ0) is 17.3. The van der Waals surface area contributed by atoms with Gasteiger partial charge in [-0.25, -0.2) is 0 Å². The van der Waals surface area contributed by atoms with Crippen molar-refractivity contribution >= 4 is 49.2 Å². The molecule has 1 N–H and O–H groups in total. The second-order valence-electron chi connectivity index (χ2n) is 5.68. The molecule has 0 saturated carbocycles. The van der Waals surface area contributed by atoms with E-state index in [0.29, 0.717) is 0 Å². The van der Waals surface area contributed by atoms with Crippen molar-refractivity contribution in [2.24, 2.45) is 0 Å². The quantitative estimate of drug-likeness (QED) is 0.544. The monoisotopic (exact) mass is 538 g/mol. The normalized spacial score (nSPS) is 11.3. The average molecular weight is 538 g/mol. The molecule has 2 aromatic carbocycles. The van der Waals surface area contributed by atoms with Crippen molar-refractivity contribution in [1.82, 2.24) is 0 Å². The van der Waals surface area contributed by atoms with Gasteiger partial charge in [0.25, 0.3) is 0 Å². The third-order valence-corrected chi connectivity index (χ3v) is 7.20. The molecule has 0 heterocycles. The van der Waals surface area contributed by atoms with Crippen LogP contribution in [0.5, 0.6) is 0 Å². The Balaban J connectivity index is 2.74. The molecule has 5 heteroatoms. The Morgan fingerprint density at radius 3 is 2.04 bits per heavy atom. The van der Waals surface area contributed by atoms with Crippen LogP contribution in [0.25, 0.3) is 11.1 Å². The molecule has 0 spiro atoms. The maximum atomic E-state index is 11.3. The predicted octanol–water partition coefficient (Wildman–Crippen LogP) is 5.25. The first-order valence-electron chi connectivity index (χ1n) is 7.17. The summed E-state index contributed by atoms with van der Waals surface area (Å²) in [5.74, 6) is -0.432. The molecule has 2 rings (SSSR count). The van der Waals surface area contributed by atoms with E-state index in [1.165, 1.54) is 12.5 Å². The molecule has 0 saturated heterocycles. The first-order chi connectivity index (χ1) is 10.7. The molecule has 0 aliphatic carbocycles. The molecule has 23 heavy (non-hydrogen) atoms. The van der Waals surface area contributed by atoms with E-state index >= 15 is 0 Å². The van der Waals surface area contributed by atoms with Gasteiger partial charge in [0.1, 0.15) is 0 Å². The summed E-state index contributed by atoms with van der Waals surface area (Å²) in [5, 5.41) is 0. The van der Waals surface area contributed by atoms with Gasteiger partial charge in [0.15, 0.2) is 0 Å². The van der Waals surface area contributed by atoms with Gasteiger partial charge in [-0.2, -0.15) is 0 Å². The molecule has 0 fully saturated rings. The van der Waals surface area contributed by atoms with Crippen molar-refractivity contribution < 1.29 is 11.3 Å². The zero-order valence-corrected chi connectivity index (χ0v) is 18.1. The van der Waals surface area contributed by atoms with Crippen molar-refractivity contribution in [3.63, 3.8) is 0 Å². The molecule has 0 aliphatic rings. The van der Waals surface area contributed by atoms with Crippen molar-refractivity contribution in [3.8, 4) is 11.1 Å². The Labute approximate surface area is 159 Å². The molecule has 0 amide bonds. The number of hydrogen-bond acceptors (Lipinski definition) is 3. The van der Waals surface area contributed by atoms with Gasteiger partial charge in [-0.3, -0.25) is 0 Å². The van der Waals surface area contributed by atoms with Gasteiger partial charge in [-0.1, -0.05) is 0 Å². The van der Waals surface area contributed by atoms with Gasteiger partial charge < -0.3 is 0 Å². The standard InChI is InChI=1S/C18H20I2O3/c1-10-6-12(3)17(15(19)8-10)18-13(4)7-11(2)9-16(18)20(22)23-14(5)21/h6-9,22H,1-5H3. The van der Waals surface area contributed by atoms with Crippen LogP contribution in [0.15, 0.2) is 24.3 Å². The Bertz CT molecular complexity index is 746. The van der Waals surface area contributed by atoms with Crippen LogP contribution < -0.4 is 0 Å². The third-order valence-electron chi connectivity index (χ3n) is 3.47. The Kier molecular flexibility index (Phi) is 6.07. The SMILES string of the molecule is CC(=O)OI(O)c1cc(C)cc(C)c1-c1c(C)cc(C)cc1I. The van der Waals surface area contributed by atoms with Crippen LogP contribution in [0.1, 0.15) is 29.2 Å². The summed E-state index contributed by atoms with van der Waals surface area (Å²) in [4.78, 5) is 11.3. The van der Waals surface area contributed by atoms with Crippen LogP contribution in [0.4, 0.5) is 0 Å². The number of halogens is 2. The van der Waals surface area contributed by atoms with E-state index in [4.69, 9.17) is 3.07 Å². The number of hydrogen-bond donors (Lipinski definition) is 1. The van der Waals surface area contributed by atoms with Crippen molar-refractivity contribution in [3.05, 3.63) is 53.7 Å². The molecule has 2 aromatic rings. The number of carbonyl (C=O) groups is 1. The predicted molar refractivity (Wildman–Crippen MR) is 110 cm³/mol. The second kappa shape index (κ2) is 7.48. The second-order valence-corrected chi connectivity index (χ2v) is 9.76. The third kappa shape index (κ3) is 4.24. The van der Waals surface area contributed by atoms with Crippen LogP contribution in [-0.4, -0.2) is 9.41 Å². The Morgan fingerprint density at radius 2 is 1.52 bits per heavy atom. The fourth-order valence-corrected chi connectivity index (χ4v) is 6.66.